The lowest BCUT2D eigenvalue weighted by molar-refractivity contribution is 0.709. The first-order valence-electron chi connectivity index (χ1n) is 3.25. The molecule has 2 aromatic rings. The molecule has 0 aromatic carbocycles. The predicted molar refractivity (Wildman–Crippen MR) is 45.9 cm³/mol. The number of hydrogen-bond acceptors (Lipinski definition) is 3. The largest absolute Gasteiger partial charge is 0.293 e. The van der Waals surface area contributed by atoms with Crippen molar-refractivity contribution in [3.63, 3.8) is 0 Å². The van der Waals surface area contributed by atoms with Crippen molar-refractivity contribution < 1.29 is 0 Å². The van der Waals surface area contributed by atoms with Crippen LogP contribution >= 0.6 is 15.9 Å². The summed E-state index contributed by atoms with van der Waals surface area (Å²) in [6.45, 7) is 0. The topological polar surface area (TPSA) is 52.2 Å². The van der Waals surface area contributed by atoms with E-state index in [9.17, 15) is 4.79 Å². The maximum Gasteiger partial charge on any atom is 0.293 e. The van der Waals surface area contributed by atoms with Crippen LogP contribution in [-0.2, 0) is 7.05 Å². The van der Waals surface area contributed by atoms with E-state index in [0.717, 1.165) is 4.47 Å². The molecule has 0 aliphatic rings. The third kappa shape index (κ3) is 0.878. The zero-order valence-electron chi connectivity index (χ0n) is 6.23. The van der Waals surface area contributed by atoms with Crippen LogP contribution in [0.3, 0.4) is 0 Å². The average Bonchev–Trinajstić information content (AvgIpc) is 2.42. The van der Waals surface area contributed by atoms with E-state index in [1.165, 1.54) is 10.7 Å². The molecule has 2 heterocycles. The first-order valence-corrected chi connectivity index (χ1v) is 4.05. The third-order valence-corrected chi connectivity index (χ3v) is 2.12. The van der Waals surface area contributed by atoms with Gasteiger partial charge in [0, 0.05) is 7.05 Å². The van der Waals surface area contributed by atoms with Gasteiger partial charge in [0.05, 0.1) is 10.7 Å². The molecule has 0 aliphatic carbocycles. The number of nitrogens with zero attached hydrogens (tertiary/aromatic N) is 4. The Morgan fingerprint density at radius 3 is 2.83 bits per heavy atom. The summed E-state index contributed by atoms with van der Waals surface area (Å²) >= 11 is 3.27. The molecule has 0 atom stereocenters. The van der Waals surface area contributed by atoms with Crippen molar-refractivity contribution in [3.8, 4) is 0 Å². The number of fused-ring (bicyclic) bond motifs is 1. The normalized spacial score (nSPS) is 10.8. The molecule has 0 fully saturated rings. The minimum Gasteiger partial charge on any atom is -0.265 e. The third-order valence-electron chi connectivity index (χ3n) is 1.56. The monoisotopic (exact) mass is 228 g/mol. The molecular formula is C6H5BrN4O. The van der Waals surface area contributed by atoms with Crippen LogP contribution in [-0.4, -0.2) is 19.4 Å². The van der Waals surface area contributed by atoms with E-state index in [1.807, 2.05) is 0 Å². The molecule has 0 amide bonds. The van der Waals surface area contributed by atoms with E-state index in [-0.39, 0.29) is 5.56 Å². The summed E-state index contributed by atoms with van der Waals surface area (Å²) in [5.74, 6) is 0. The average molecular weight is 229 g/mol. The summed E-state index contributed by atoms with van der Waals surface area (Å²) in [6.07, 6.45) is 2.80. The molecule has 5 nitrogen and oxygen atoms in total. The number of halogens is 1. The summed E-state index contributed by atoms with van der Waals surface area (Å²) in [4.78, 5) is 11.1. The Morgan fingerprint density at radius 1 is 1.42 bits per heavy atom. The van der Waals surface area contributed by atoms with E-state index < -0.39 is 0 Å². The van der Waals surface area contributed by atoms with Crippen LogP contribution in [0, 0.1) is 0 Å². The van der Waals surface area contributed by atoms with Gasteiger partial charge in [-0.15, -0.1) is 0 Å². The highest BCUT2D eigenvalue weighted by Crippen LogP contribution is 2.13. The molecular weight excluding hydrogens is 224 g/mol. The van der Waals surface area contributed by atoms with Gasteiger partial charge in [-0.3, -0.25) is 4.79 Å². The Bertz CT molecular complexity index is 486. The van der Waals surface area contributed by atoms with Gasteiger partial charge in [-0.1, -0.05) is 0 Å². The summed E-state index contributed by atoms with van der Waals surface area (Å²) < 4.78 is 3.63. The van der Waals surface area contributed by atoms with Crippen LogP contribution in [0.2, 0.25) is 0 Å². The highest BCUT2D eigenvalue weighted by Gasteiger charge is 2.05. The Morgan fingerprint density at radius 2 is 2.17 bits per heavy atom. The molecule has 62 valence electrons. The maximum atomic E-state index is 11.1. The molecule has 2 rings (SSSR count). The van der Waals surface area contributed by atoms with Crippen LogP contribution in [0.25, 0.3) is 5.65 Å². The van der Waals surface area contributed by atoms with Gasteiger partial charge in [-0.25, -0.2) is 4.68 Å². The zero-order chi connectivity index (χ0) is 8.72. The highest BCUT2D eigenvalue weighted by atomic mass is 79.9. The standard InChI is InChI=1S/C6H5BrN4O/c1-10-6-4(7)2-9-11(6)5(12)3-8-10/h2-3H,1H3. The van der Waals surface area contributed by atoms with Crippen molar-refractivity contribution in [1.82, 2.24) is 19.4 Å². The Kier molecular flexibility index (Phi) is 1.50. The summed E-state index contributed by atoms with van der Waals surface area (Å²) in [7, 11) is 1.75. The van der Waals surface area contributed by atoms with Crippen molar-refractivity contribution in [1.29, 1.82) is 0 Å². The van der Waals surface area contributed by atoms with Gasteiger partial charge >= 0.3 is 0 Å². The fourth-order valence-corrected chi connectivity index (χ4v) is 1.54. The highest BCUT2D eigenvalue weighted by molar-refractivity contribution is 9.10. The van der Waals surface area contributed by atoms with Crippen molar-refractivity contribution in [2.75, 3.05) is 0 Å². The number of rotatable bonds is 0. The van der Waals surface area contributed by atoms with E-state index in [4.69, 9.17) is 0 Å². The van der Waals surface area contributed by atoms with Crippen LogP contribution in [0.5, 0.6) is 0 Å². The lowest BCUT2D eigenvalue weighted by atomic mass is 10.6. The Hall–Kier alpha value is -1.17. The molecule has 0 unspecified atom stereocenters. The maximum absolute atomic E-state index is 11.1. The molecule has 0 radical (unpaired) electrons. The molecule has 0 aliphatic heterocycles. The lowest BCUT2D eigenvalue weighted by Gasteiger charge is -1.98. The van der Waals surface area contributed by atoms with Crippen molar-refractivity contribution in [3.05, 3.63) is 27.2 Å². The molecule has 0 saturated carbocycles. The van der Waals surface area contributed by atoms with E-state index >= 15 is 0 Å². The SMILES string of the molecule is Cn1ncc(=O)n2ncc(Br)c12. The van der Waals surface area contributed by atoms with Crippen molar-refractivity contribution in [2.24, 2.45) is 7.05 Å². The van der Waals surface area contributed by atoms with Crippen LogP contribution in [0.4, 0.5) is 0 Å². The Balaban J connectivity index is 3.09. The number of aryl methyl sites for hydroxylation is 1. The Labute approximate surface area is 75.7 Å². The summed E-state index contributed by atoms with van der Waals surface area (Å²) in [6, 6.07) is 0. The molecule has 0 bridgehead atoms. The lowest BCUT2D eigenvalue weighted by Crippen LogP contribution is -2.18. The number of hydrogen-bond donors (Lipinski definition) is 0. The molecule has 6 heteroatoms. The fourth-order valence-electron chi connectivity index (χ4n) is 1.02. The smallest absolute Gasteiger partial charge is 0.265 e. The number of aromatic nitrogens is 4. The van der Waals surface area contributed by atoms with Gasteiger partial charge in [0.15, 0.2) is 5.65 Å². The molecule has 0 saturated heterocycles. The predicted octanol–water partition coefficient (Wildman–Crippen LogP) is 0.190. The molecule has 2 aromatic heterocycles. The van der Waals surface area contributed by atoms with Crippen molar-refractivity contribution in [2.45, 2.75) is 0 Å². The summed E-state index contributed by atoms with van der Waals surface area (Å²) in [5.41, 5.74) is 0.427. The molecule has 12 heavy (non-hydrogen) atoms. The van der Waals surface area contributed by atoms with Gasteiger partial charge in [0.2, 0.25) is 0 Å². The second kappa shape index (κ2) is 2.41. The second-order valence-corrected chi connectivity index (χ2v) is 3.19. The van der Waals surface area contributed by atoms with Crippen molar-refractivity contribution >= 4 is 21.6 Å². The van der Waals surface area contributed by atoms with Gasteiger partial charge in [-0.05, 0) is 15.9 Å². The van der Waals surface area contributed by atoms with Gasteiger partial charge in [-0.2, -0.15) is 14.7 Å². The zero-order valence-corrected chi connectivity index (χ0v) is 7.82. The second-order valence-electron chi connectivity index (χ2n) is 2.33. The first kappa shape index (κ1) is 7.48. The van der Waals surface area contributed by atoms with Gasteiger partial charge in [0.25, 0.3) is 5.56 Å². The van der Waals surface area contributed by atoms with Gasteiger partial charge < -0.3 is 0 Å². The van der Waals surface area contributed by atoms with Crippen LogP contribution in [0.1, 0.15) is 0 Å². The molecule has 0 N–H and O–H groups in total. The molecule has 0 spiro atoms. The minimum absolute atomic E-state index is 0.228. The van der Waals surface area contributed by atoms with Gasteiger partial charge in [0.1, 0.15) is 6.20 Å². The van der Waals surface area contributed by atoms with Crippen LogP contribution < -0.4 is 5.56 Å². The minimum atomic E-state index is -0.228. The summed E-state index contributed by atoms with van der Waals surface area (Å²) in [5, 5.41) is 7.73. The van der Waals surface area contributed by atoms with E-state index in [1.54, 1.807) is 17.9 Å². The van der Waals surface area contributed by atoms with Crippen LogP contribution in [0.15, 0.2) is 21.7 Å². The fraction of sp³-hybridized carbons (Fsp3) is 0.167. The first-order chi connectivity index (χ1) is 5.70. The quantitative estimate of drug-likeness (QED) is 0.647. The van der Waals surface area contributed by atoms with E-state index in [2.05, 4.69) is 26.1 Å². The van der Waals surface area contributed by atoms with E-state index in [0.29, 0.717) is 5.65 Å².